The minimum Gasteiger partial charge on any atom is -0.493 e. The highest BCUT2D eigenvalue weighted by atomic mass is 32.2. The van der Waals surface area contributed by atoms with Gasteiger partial charge in [-0.15, -0.1) is 0 Å². The fraction of sp³-hybridized carbons (Fsp3) is 0.294. The average molecular weight is 335 g/mol. The molecule has 0 heterocycles. The smallest absolute Gasteiger partial charge is 0.243 e. The van der Waals surface area contributed by atoms with Crippen LogP contribution >= 0.6 is 0 Å². The van der Waals surface area contributed by atoms with Crippen LogP contribution < -0.4 is 9.47 Å². The Morgan fingerprint density at radius 1 is 0.957 bits per heavy atom. The van der Waals surface area contributed by atoms with Crippen LogP contribution in [0.3, 0.4) is 0 Å². The number of nitrogens with zero attached hydrogens (tertiary/aromatic N) is 1. The molecule has 2 aromatic carbocycles. The highest BCUT2D eigenvalue weighted by Crippen LogP contribution is 2.28. The zero-order chi connectivity index (χ0) is 16.9. The second-order valence-corrected chi connectivity index (χ2v) is 6.87. The third-order valence-corrected chi connectivity index (χ3v) is 5.48. The van der Waals surface area contributed by atoms with Crippen LogP contribution in [0.25, 0.3) is 0 Å². The van der Waals surface area contributed by atoms with Crippen LogP contribution in [0.5, 0.6) is 11.5 Å². The van der Waals surface area contributed by atoms with Gasteiger partial charge in [-0.3, -0.25) is 0 Å². The lowest BCUT2D eigenvalue weighted by atomic mass is 10.2. The molecule has 0 unspecified atom stereocenters. The number of benzene rings is 2. The van der Waals surface area contributed by atoms with Gasteiger partial charge in [0.1, 0.15) is 0 Å². The fourth-order valence-electron chi connectivity index (χ4n) is 2.29. The molecule has 0 fully saturated rings. The van der Waals surface area contributed by atoms with Crippen molar-refractivity contribution in [2.24, 2.45) is 0 Å². The van der Waals surface area contributed by atoms with Crippen LogP contribution in [0.4, 0.5) is 0 Å². The summed E-state index contributed by atoms with van der Waals surface area (Å²) < 4.78 is 37.3. The van der Waals surface area contributed by atoms with Gasteiger partial charge < -0.3 is 9.47 Å². The molecule has 5 nitrogen and oxygen atoms in total. The second kappa shape index (κ2) is 7.48. The van der Waals surface area contributed by atoms with Gasteiger partial charge in [-0.05, 0) is 29.8 Å². The molecule has 2 rings (SSSR count). The first-order chi connectivity index (χ1) is 11.0. The fourth-order valence-corrected chi connectivity index (χ4v) is 3.75. The summed E-state index contributed by atoms with van der Waals surface area (Å²) in [6, 6.07) is 13.8. The van der Waals surface area contributed by atoms with E-state index in [1.54, 1.807) is 56.7 Å². The van der Waals surface area contributed by atoms with E-state index in [2.05, 4.69) is 0 Å². The Bertz CT molecular complexity index is 744. The van der Waals surface area contributed by atoms with Crippen LogP contribution in [-0.4, -0.2) is 33.5 Å². The largest absolute Gasteiger partial charge is 0.493 e. The summed E-state index contributed by atoms with van der Waals surface area (Å²) in [5.74, 6) is 1.20. The zero-order valence-electron chi connectivity index (χ0n) is 13.5. The Morgan fingerprint density at radius 2 is 1.61 bits per heavy atom. The molecule has 0 bridgehead atoms. The molecule has 0 spiro atoms. The van der Waals surface area contributed by atoms with Gasteiger partial charge in [-0.1, -0.05) is 31.2 Å². The van der Waals surface area contributed by atoms with E-state index >= 15 is 0 Å². The van der Waals surface area contributed by atoms with Gasteiger partial charge in [0, 0.05) is 13.1 Å². The normalized spacial score (nSPS) is 11.5. The predicted octanol–water partition coefficient (Wildman–Crippen LogP) is 2.91. The Morgan fingerprint density at radius 3 is 2.17 bits per heavy atom. The Kier molecular flexibility index (Phi) is 5.63. The van der Waals surface area contributed by atoms with Crippen molar-refractivity contribution < 1.29 is 17.9 Å². The van der Waals surface area contributed by atoms with Crippen molar-refractivity contribution in [1.82, 2.24) is 4.31 Å². The Hall–Kier alpha value is -2.05. The van der Waals surface area contributed by atoms with Crippen molar-refractivity contribution in [3.63, 3.8) is 0 Å². The van der Waals surface area contributed by atoms with E-state index < -0.39 is 10.0 Å². The first kappa shape index (κ1) is 17.3. The number of sulfonamides is 1. The summed E-state index contributed by atoms with van der Waals surface area (Å²) >= 11 is 0. The molecule has 0 saturated carbocycles. The molecule has 0 aliphatic heterocycles. The van der Waals surface area contributed by atoms with E-state index in [9.17, 15) is 8.42 Å². The van der Waals surface area contributed by atoms with Crippen LogP contribution in [0.1, 0.15) is 12.5 Å². The number of hydrogen-bond acceptors (Lipinski definition) is 4. The van der Waals surface area contributed by atoms with E-state index in [0.29, 0.717) is 22.9 Å². The number of hydrogen-bond donors (Lipinski definition) is 0. The maximum absolute atomic E-state index is 12.7. The lowest BCUT2D eigenvalue weighted by Crippen LogP contribution is -2.30. The van der Waals surface area contributed by atoms with Crippen molar-refractivity contribution in [2.75, 3.05) is 20.8 Å². The quantitative estimate of drug-likeness (QED) is 0.781. The summed E-state index contributed by atoms with van der Waals surface area (Å²) in [7, 11) is -0.403. The van der Waals surface area contributed by atoms with Crippen molar-refractivity contribution in [3.05, 3.63) is 54.1 Å². The van der Waals surface area contributed by atoms with E-state index in [1.165, 1.54) is 4.31 Å². The molecule has 23 heavy (non-hydrogen) atoms. The van der Waals surface area contributed by atoms with Crippen molar-refractivity contribution in [2.45, 2.75) is 18.4 Å². The molecule has 0 amide bonds. The molecule has 0 atom stereocenters. The molecule has 0 N–H and O–H groups in total. The third-order valence-electron chi connectivity index (χ3n) is 3.54. The van der Waals surface area contributed by atoms with Crippen LogP contribution in [0, 0.1) is 0 Å². The summed E-state index contributed by atoms with van der Waals surface area (Å²) in [6.07, 6.45) is 0. The lowest BCUT2D eigenvalue weighted by Gasteiger charge is -2.21. The van der Waals surface area contributed by atoms with Crippen molar-refractivity contribution >= 4 is 10.0 Å². The maximum atomic E-state index is 12.7. The molecular formula is C17H21NO4S. The number of methoxy groups -OCH3 is 2. The highest BCUT2D eigenvalue weighted by Gasteiger charge is 2.23. The van der Waals surface area contributed by atoms with Gasteiger partial charge in [0.2, 0.25) is 10.0 Å². The van der Waals surface area contributed by atoms with Gasteiger partial charge >= 0.3 is 0 Å². The summed E-state index contributed by atoms with van der Waals surface area (Å²) in [6.45, 7) is 2.47. The summed E-state index contributed by atoms with van der Waals surface area (Å²) in [4.78, 5) is 0.294. The molecular weight excluding hydrogens is 314 g/mol. The molecule has 0 saturated heterocycles. The first-order valence-corrected chi connectivity index (χ1v) is 8.73. The Labute approximate surface area is 137 Å². The predicted molar refractivity (Wildman–Crippen MR) is 89.3 cm³/mol. The molecule has 124 valence electrons. The molecule has 0 aliphatic carbocycles. The standard InChI is InChI=1S/C17H21NO4S/c1-4-18(23(19,20)15-8-6-5-7-9-15)13-14-10-11-16(21-2)17(12-14)22-3/h5-12H,4,13H2,1-3H3. The number of rotatable bonds is 7. The topological polar surface area (TPSA) is 55.8 Å². The monoisotopic (exact) mass is 335 g/mol. The van der Waals surface area contributed by atoms with Gasteiger partial charge in [-0.2, -0.15) is 4.31 Å². The van der Waals surface area contributed by atoms with Crippen LogP contribution in [0.2, 0.25) is 0 Å². The van der Waals surface area contributed by atoms with Crippen molar-refractivity contribution in [3.8, 4) is 11.5 Å². The second-order valence-electron chi connectivity index (χ2n) is 4.93. The Balaban J connectivity index is 2.30. The summed E-state index contributed by atoms with van der Waals surface area (Å²) in [5.41, 5.74) is 0.837. The molecule has 0 aliphatic rings. The maximum Gasteiger partial charge on any atom is 0.243 e. The first-order valence-electron chi connectivity index (χ1n) is 7.29. The molecule has 0 aromatic heterocycles. The summed E-state index contributed by atoms with van der Waals surface area (Å²) in [5, 5.41) is 0. The van der Waals surface area contributed by atoms with Gasteiger partial charge in [-0.25, -0.2) is 8.42 Å². The minimum atomic E-state index is -3.52. The highest BCUT2D eigenvalue weighted by molar-refractivity contribution is 7.89. The van der Waals surface area contributed by atoms with Crippen LogP contribution in [0.15, 0.2) is 53.4 Å². The zero-order valence-corrected chi connectivity index (χ0v) is 14.3. The van der Waals surface area contributed by atoms with Gasteiger partial charge in [0.05, 0.1) is 19.1 Å². The lowest BCUT2D eigenvalue weighted by molar-refractivity contribution is 0.353. The van der Waals surface area contributed by atoms with E-state index in [1.807, 2.05) is 13.0 Å². The molecule has 6 heteroatoms. The average Bonchev–Trinajstić information content (AvgIpc) is 2.59. The molecule has 0 radical (unpaired) electrons. The molecule has 2 aromatic rings. The van der Waals surface area contributed by atoms with Crippen LogP contribution in [-0.2, 0) is 16.6 Å². The number of ether oxygens (including phenoxy) is 2. The van der Waals surface area contributed by atoms with E-state index in [4.69, 9.17) is 9.47 Å². The van der Waals surface area contributed by atoms with Crippen molar-refractivity contribution in [1.29, 1.82) is 0 Å². The van der Waals surface area contributed by atoms with E-state index in [0.717, 1.165) is 5.56 Å². The third kappa shape index (κ3) is 3.83. The minimum absolute atomic E-state index is 0.272. The SMILES string of the molecule is CCN(Cc1ccc(OC)c(OC)c1)S(=O)(=O)c1ccccc1. The van der Waals surface area contributed by atoms with Gasteiger partial charge in [0.25, 0.3) is 0 Å². The van der Waals surface area contributed by atoms with Gasteiger partial charge in [0.15, 0.2) is 11.5 Å². The van der Waals surface area contributed by atoms with E-state index in [-0.39, 0.29) is 6.54 Å².